The van der Waals surface area contributed by atoms with E-state index in [0.717, 1.165) is 16.7 Å². The molecule has 1 aromatic heterocycles. The highest BCUT2D eigenvalue weighted by atomic mass is 16.2. The second-order valence-corrected chi connectivity index (χ2v) is 7.72. The quantitative estimate of drug-likeness (QED) is 0.726. The lowest BCUT2D eigenvalue weighted by Gasteiger charge is -2.24. The van der Waals surface area contributed by atoms with Crippen LogP contribution in [-0.4, -0.2) is 15.7 Å². The predicted molar refractivity (Wildman–Crippen MR) is 109 cm³/mol. The van der Waals surface area contributed by atoms with Crippen molar-refractivity contribution in [2.75, 3.05) is 0 Å². The van der Waals surface area contributed by atoms with E-state index >= 15 is 0 Å². The predicted octanol–water partition coefficient (Wildman–Crippen LogP) is 4.53. The Bertz CT molecular complexity index is 952. The number of rotatable bonds is 5. The van der Waals surface area contributed by atoms with Crippen molar-refractivity contribution in [2.24, 2.45) is 0 Å². The summed E-state index contributed by atoms with van der Waals surface area (Å²) in [5, 5.41) is 7.50. The molecule has 140 valence electrons. The Hall–Kier alpha value is -2.88. The highest BCUT2D eigenvalue weighted by Crippen LogP contribution is 2.26. The largest absolute Gasteiger partial charge is 0.350 e. The summed E-state index contributed by atoms with van der Waals surface area (Å²) < 4.78 is 1.74. The van der Waals surface area contributed by atoms with Gasteiger partial charge in [-0.2, -0.15) is 5.10 Å². The molecule has 0 atom stereocenters. The maximum atomic E-state index is 12.8. The van der Waals surface area contributed by atoms with Gasteiger partial charge in [0.05, 0.1) is 6.20 Å². The lowest BCUT2D eigenvalue weighted by molar-refractivity contribution is -0.129. The third-order valence-corrected chi connectivity index (χ3v) is 4.98. The summed E-state index contributed by atoms with van der Waals surface area (Å²) in [5.74, 6) is -0.0571. The summed E-state index contributed by atoms with van der Waals surface area (Å²) in [6.07, 6.45) is 3.77. The van der Waals surface area contributed by atoms with Crippen molar-refractivity contribution in [1.82, 2.24) is 15.1 Å². The monoisotopic (exact) mass is 361 g/mol. The number of amides is 1. The fourth-order valence-corrected chi connectivity index (χ4v) is 3.11. The first-order chi connectivity index (χ1) is 12.8. The Kier molecular flexibility index (Phi) is 5.17. The molecule has 3 aromatic rings. The van der Waals surface area contributed by atoms with Crippen LogP contribution in [0.2, 0.25) is 0 Å². The summed E-state index contributed by atoms with van der Waals surface area (Å²) in [6.45, 7) is 10.5. The molecular formula is C23H27N3O. The molecule has 27 heavy (non-hydrogen) atoms. The Labute approximate surface area is 161 Å². The molecule has 0 radical (unpaired) electrons. The lowest BCUT2D eigenvalue weighted by atomic mass is 10.0. The lowest BCUT2D eigenvalue weighted by Crippen LogP contribution is -2.44. The maximum Gasteiger partial charge on any atom is 0.247 e. The van der Waals surface area contributed by atoms with E-state index in [9.17, 15) is 4.79 Å². The molecule has 4 nitrogen and oxygen atoms in total. The van der Waals surface area contributed by atoms with Gasteiger partial charge in [-0.25, -0.2) is 0 Å². The topological polar surface area (TPSA) is 46.9 Å². The van der Waals surface area contributed by atoms with E-state index in [1.54, 1.807) is 4.68 Å². The minimum atomic E-state index is -0.776. The van der Waals surface area contributed by atoms with Crippen molar-refractivity contribution in [3.05, 3.63) is 77.1 Å². The smallest absolute Gasteiger partial charge is 0.247 e. The minimum Gasteiger partial charge on any atom is -0.350 e. The second kappa shape index (κ2) is 7.39. The van der Waals surface area contributed by atoms with E-state index < -0.39 is 5.54 Å². The molecule has 0 unspecified atom stereocenters. The molecule has 2 aromatic carbocycles. The molecule has 0 spiro atoms. The molecule has 0 aliphatic rings. The van der Waals surface area contributed by atoms with Gasteiger partial charge in [-0.3, -0.25) is 9.48 Å². The second-order valence-electron chi connectivity index (χ2n) is 7.72. The van der Waals surface area contributed by atoms with Crippen molar-refractivity contribution in [2.45, 2.75) is 46.7 Å². The maximum absolute atomic E-state index is 12.8. The van der Waals surface area contributed by atoms with E-state index in [-0.39, 0.29) is 5.91 Å². The van der Waals surface area contributed by atoms with Gasteiger partial charge in [0.1, 0.15) is 5.54 Å². The van der Waals surface area contributed by atoms with Gasteiger partial charge < -0.3 is 5.32 Å². The SMILES string of the molecule is Cc1ccc(CNC(=O)C(C)(C)n2cc(-c3ccc(C)cc3C)cn2)cc1. The zero-order valence-corrected chi connectivity index (χ0v) is 16.7. The number of carbonyl (C=O) groups is 1. The van der Waals surface area contributed by atoms with Gasteiger partial charge in [0.25, 0.3) is 0 Å². The fourth-order valence-electron chi connectivity index (χ4n) is 3.11. The number of hydrogen-bond donors (Lipinski definition) is 1. The molecule has 0 bridgehead atoms. The first-order valence-electron chi connectivity index (χ1n) is 9.24. The number of hydrogen-bond acceptors (Lipinski definition) is 2. The average Bonchev–Trinajstić information content (AvgIpc) is 3.11. The molecule has 3 rings (SSSR count). The number of benzene rings is 2. The van der Waals surface area contributed by atoms with Gasteiger partial charge in [-0.15, -0.1) is 0 Å². The van der Waals surface area contributed by atoms with Crippen LogP contribution >= 0.6 is 0 Å². The molecule has 0 aliphatic carbocycles. The van der Waals surface area contributed by atoms with Gasteiger partial charge in [0.15, 0.2) is 0 Å². The molecule has 0 saturated carbocycles. The Morgan fingerprint density at radius 1 is 1.04 bits per heavy atom. The molecule has 1 amide bonds. The third kappa shape index (κ3) is 4.11. The van der Waals surface area contributed by atoms with Crippen molar-refractivity contribution in [3.63, 3.8) is 0 Å². The zero-order valence-electron chi connectivity index (χ0n) is 16.7. The van der Waals surface area contributed by atoms with Crippen LogP contribution in [0.1, 0.15) is 36.1 Å². The summed E-state index contributed by atoms with van der Waals surface area (Å²) in [5.41, 5.74) is 6.12. The first-order valence-corrected chi connectivity index (χ1v) is 9.24. The number of nitrogens with one attached hydrogen (secondary N) is 1. The molecule has 0 fully saturated rings. The summed E-state index contributed by atoms with van der Waals surface area (Å²) in [7, 11) is 0. The normalized spacial score (nSPS) is 11.4. The van der Waals surface area contributed by atoms with Gasteiger partial charge in [-0.1, -0.05) is 53.6 Å². The van der Waals surface area contributed by atoms with Gasteiger partial charge >= 0.3 is 0 Å². The number of nitrogens with zero attached hydrogens (tertiary/aromatic N) is 2. The van der Waals surface area contributed by atoms with Crippen LogP contribution < -0.4 is 5.32 Å². The van der Waals surface area contributed by atoms with Gasteiger partial charge in [0.2, 0.25) is 5.91 Å². The highest BCUT2D eigenvalue weighted by Gasteiger charge is 2.30. The Morgan fingerprint density at radius 2 is 1.70 bits per heavy atom. The van der Waals surface area contributed by atoms with Crippen LogP contribution in [0.5, 0.6) is 0 Å². The number of carbonyl (C=O) groups excluding carboxylic acids is 1. The van der Waals surface area contributed by atoms with E-state index in [0.29, 0.717) is 6.54 Å². The third-order valence-electron chi connectivity index (χ3n) is 4.98. The van der Waals surface area contributed by atoms with E-state index in [4.69, 9.17) is 0 Å². The molecular weight excluding hydrogens is 334 g/mol. The van der Waals surface area contributed by atoms with Crippen LogP contribution in [0.15, 0.2) is 54.9 Å². The Balaban J connectivity index is 1.75. The first kappa shape index (κ1) is 18.9. The minimum absolute atomic E-state index is 0.0571. The van der Waals surface area contributed by atoms with Crippen LogP contribution in [-0.2, 0) is 16.9 Å². The number of aryl methyl sites for hydroxylation is 3. The van der Waals surface area contributed by atoms with Gasteiger partial charge in [0, 0.05) is 18.3 Å². The van der Waals surface area contributed by atoms with Crippen molar-refractivity contribution < 1.29 is 4.79 Å². The fraction of sp³-hybridized carbons (Fsp3) is 0.304. The molecule has 0 aliphatic heterocycles. The van der Waals surface area contributed by atoms with Crippen LogP contribution in [0, 0.1) is 20.8 Å². The molecule has 1 heterocycles. The van der Waals surface area contributed by atoms with E-state index in [1.165, 1.54) is 16.7 Å². The summed E-state index contributed by atoms with van der Waals surface area (Å²) in [6, 6.07) is 14.5. The standard InChI is InChI=1S/C23H27N3O/c1-16-6-9-19(10-7-16)13-24-22(27)23(4,5)26-15-20(14-25-26)21-11-8-17(2)12-18(21)3/h6-12,14-15H,13H2,1-5H3,(H,24,27). The Morgan fingerprint density at radius 3 is 2.37 bits per heavy atom. The molecule has 4 heteroatoms. The summed E-state index contributed by atoms with van der Waals surface area (Å²) >= 11 is 0. The number of aromatic nitrogens is 2. The van der Waals surface area contributed by atoms with Crippen molar-refractivity contribution in [3.8, 4) is 11.1 Å². The molecule has 0 saturated heterocycles. The van der Waals surface area contributed by atoms with Crippen molar-refractivity contribution in [1.29, 1.82) is 0 Å². The van der Waals surface area contributed by atoms with Crippen molar-refractivity contribution >= 4 is 5.91 Å². The highest BCUT2D eigenvalue weighted by molar-refractivity contribution is 5.83. The van der Waals surface area contributed by atoms with Crippen LogP contribution in [0.4, 0.5) is 0 Å². The van der Waals surface area contributed by atoms with Gasteiger partial charge in [-0.05, 0) is 51.3 Å². The van der Waals surface area contributed by atoms with Crippen LogP contribution in [0.25, 0.3) is 11.1 Å². The van der Waals surface area contributed by atoms with Crippen LogP contribution in [0.3, 0.4) is 0 Å². The molecule has 1 N–H and O–H groups in total. The summed E-state index contributed by atoms with van der Waals surface area (Å²) in [4.78, 5) is 12.8. The van der Waals surface area contributed by atoms with E-state index in [1.807, 2.05) is 38.4 Å². The average molecular weight is 361 g/mol. The zero-order chi connectivity index (χ0) is 19.6. The van der Waals surface area contributed by atoms with E-state index in [2.05, 4.69) is 61.5 Å².